The highest BCUT2D eigenvalue weighted by atomic mass is 15.1. The van der Waals surface area contributed by atoms with Crippen molar-refractivity contribution in [1.29, 1.82) is 0 Å². The highest BCUT2D eigenvalue weighted by molar-refractivity contribution is 6.84. The van der Waals surface area contributed by atoms with E-state index in [1.54, 1.807) is 0 Å². The van der Waals surface area contributed by atoms with E-state index in [0.29, 0.717) is 0 Å². The Kier molecular flexibility index (Phi) is 9.15. The van der Waals surface area contributed by atoms with Crippen LogP contribution in [0.5, 0.6) is 0 Å². The number of benzene rings is 6. The third kappa shape index (κ3) is 6.47. The Morgan fingerprint density at radius 3 is 1.23 bits per heavy atom. The first-order valence-electron chi connectivity index (χ1n) is 21.3. The summed E-state index contributed by atoms with van der Waals surface area (Å²) in [7, 11) is 0. The third-order valence-corrected chi connectivity index (χ3v) is 12.7. The zero-order valence-electron chi connectivity index (χ0n) is 35.2. The zero-order chi connectivity index (χ0) is 41.9. The summed E-state index contributed by atoms with van der Waals surface area (Å²) in [5, 5.41) is 4.90. The van der Waals surface area contributed by atoms with Crippen molar-refractivity contribution >= 4 is 78.9 Å². The summed E-state index contributed by atoms with van der Waals surface area (Å²) in [6.07, 6.45) is 7.59. The fraction of sp³-hybridized carbons (Fsp3) is 0.0741. The topological polar surface area (TPSA) is 61.4 Å². The van der Waals surface area contributed by atoms with Gasteiger partial charge in [0.15, 0.2) is 0 Å². The first-order valence-corrected chi connectivity index (χ1v) is 21.3. The number of pyridine rings is 2. The van der Waals surface area contributed by atoms with Crippen molar-refractivity contribution in [1.82, 2.24) is 29.1 Å². The lowest BCUT2D eigenvalue weighted by Gasteiger charge is -2.13. The Balaban J connectivity index is 0.875. The zero-order valence-corrected chi connectivity index (χ0v) is 35.2. The van der Waals surface area contributed by atoms with E-state index in [1.165, 1.54) is 54.5 Å². The predicted octanol–water partition coefficient (Wildman–Crippen LogP) is 9.89. The maximum atomic E-state index is 4.97. The number of aryl methyl sites for hydroxylation is 2. The number of fused-ring (bicyclic) bond motifs is 6. The minimum Gasteiger partial charge on any atom is -0.294 e. The van der Waals surface area contributed by atoms with Crippen LogP contribution in [0.15, 0.2) is 183 Å². The molecule has 8 heteroatoms. The molecule has 11 rings (SSSR count). The van der Waals surface area contributed by atoms with Crippen LogP contribution in [-0.2, 0) is 0 Å². The lowest BCUT2D eigenvalue weighted by molar-refractivity contribution is 1.07. The number of hydrogen-bond donors (Lipinski definition) is 0. The van der Waals surface area contributed by atoms with E-state index in [0.717, 1.165) is 56.2 Å². The van der Waals surface area contributed by atoms with Crippen LogP contribution < -0.4 is 21.9 Å². The standard InChI is InChI=1S/C54H42B2N6/c1-35-23-25-57-53(27-35)61-49-17-7-5-15-43(49)45-21-19-41(31-51(45)61)55(3)39-13-9-11-37(29-39)47-33-60-48(34-59-47)38-12-10-14-40(30-38)56(4)42-20-22-46-44-16-6-8-18-50(44)62(52(46)32-42)54-28-36(2)24-26-58-54/h5-34H,1-4H3. The molecule has 5 aromatic heterocycles. The molecule has 5 heterocycles. The average Bonchev–Trinajstić information content (AvgIpc) is 3.83. The van der Waals surface area contributed by atoms with Gasteiger partial charge in [0.25, 0.3) is 0 Å². The number of para-hydroxylation sites is 2. The van der Waals surface area contributed by atoms with E-state index in [1.807, 2.05) is 36.9 Å². The highest BCUT2D eigenvalue weighted by Crippen LogP contribution is 2.33. The highest BCUT2D eigenvalue weighted by Gasteiger charge is 2.21. The van der Waals surface area contributed by atoms with Crippen molar-refractivity contribution in [2.24, 2.45) is 0 Å². The second-order valence-corrected chi connectivity index (χ2v) is 16.6. The Morgan fingerprint density at radius 1 is 0.371 bits per heavy atom. The molecule has 0 bridgehead atoms. The molecule has 0 unspecified atom stereocenters. The monoisotopic (exact) mass is 796 g/mol. The molecular formula is C54H42B2N6. The van der Waals surface area contributed by atoms with Gasteiger partial charge in [0.1, 0.15) is 11.6 Å². The van der Waals surface area contributed by atoms with E-state index >= 15 is 0 Å². The molecule has 0 radical (unpaired) electrons. The second kappa shape index (κ2) is 15.2. The molecule has 0 fully saturated rings. The van der Waals surface area contributed by atoms with Crippen LogP contribution in [0.2, 0.25) is 13.6 Å². The normalized spacial score (nSPS) is 11.5. The van der Waals surface area contributed by atoms with Crippen LogP contribution in [0.3, 0.4) is 0 Å². The molecule has 0 N–H and O–H groups in total. The predicted molar refractivity (Wildman–Crippen MR) is 261 cm³/mol. The summed E-state index contributed by atoms with van der Waals surface area (Å²) in [6, 6.07) is 56.8. The third-order valence-electron chi connectivity index (χ3n) is 12.7. The first-order chi connectivity index (χ1) is 30.4. The maximum absolute atomic E-state index is 4.97. The lowest BCUT2D eigenvalue weighted by Crippen LogP contribution is -2.39. The van der Waals surface area contributed by atoms with Crippen LogP contribution in [-0.4, -0.2) is 42.5 Å². The van der Waals surface area contributed by atoms with Crippen LogP contribution in [0, 0.1) is 13.8 Å². The summed E-state index contributed by atoms with van der Waals surface area (Å²) >= 11 is 0. The molecule has 11 aromatic rings. The fourth-order valence-corrected chi connectivity index (χ4v) is 9.24. The van der Waals surface area contributed by atoms with Crippen molar-refractivity contribution in [3.8, 4) is 34.2 Å². The Labute approximate surface area is 361 Å². The molecule has 6 nitrogen and oxygen atoms in total. The Bertz CT molecular complexity index is 3270. The van der Waals surface area contributed by atoms with E-state index in [4.69, 9.17) is 19.9 Å². The van der Waals surface area contributed by atoms with Gasteiger partial charge in [-0.05, 0) is 73.5 Å². The van der Waals surface area contributed by atoms with Crippen molar-refractivity contribution in [3.63, 3.8) is 0 Å². The fourth-order valence-electron chi connectivity index (χ4n) is 9.24. The quantitative estimate of drug-likeness (QED) is 0.144. The van der Waals surface area contributed by atoms with Crippen molar-refractivity contribution < 1.29 is 0 Å². The molecule has 0 aliphatic rings. The molecule has 294 valence electrons. The van der Waals surface area contributed by atoms with Gasteiger partial charge in [-0.3, -0.25) is 19.1 Å². The number of rotatable bonds is 8. The molecule has 0 aliphatic heterocycles. The molecule has 0 spiro atoms. The average molecular weight is 797 g/mol. The van der Waals surface area contributed by atoms with Crippen LogP contribution in [0.4, 0.5) is 0 Å². The number of nitrogens with zero attached hydrogens (tertiary/aromatic N) is 6. The molecule has 6 aromatic carbocycles. The summed E-state index contributed by atoms with van der Waals surface area (Å²) in [5.74, 6) is 1.86. The van der Waals surface area contributed by atoms with Crippen molar-refractivity contribution in [3.05, 3.63) is 194 Å². The maximum Gasteiger partial charge on any atom is 0.206 e. The van der Waals surface area contributed by atoms with Crippen molar-refractivity contribution in [2.75, 3.05) is 0 Å². The molecule has 62 heavy (non-hydrogen) atoms. The van der Waals surface area contributed by atoms with Gasteiger partial charge in [0.2, 0.25) is 13.4 Å². The summed E-state index contributed by atoms with van der Waals surface area (Å²) in [6.45, 7) is 9.09. The Hall–Kier alpha value is -7.57. The number of hydrogen-bond acceptors (Lipinski definition) is 4. The lowest BCUT2D eigenvalue weighted by atomic mass is 9.42. The van der Waals surface area contributed by atoms with Crippen LogP contribution in [0.25, 0.3) is 77.8 Å². The van der Waals surface area contributed by atoms with E-state index in [-0.39, 0.29) is 13.4 Å². The van der Waals surface area contributed by atoms with Gasteiger partial charge in [0.05, 0.1) is 45.8 Å². The van der Waals surface area contributed by atoms with Gasteiger partial charge in [-0.2, -0.15) is 0 Å². The minimum absolute atomic E-state index is 0.150. The first kappa shape index (κ1) is 37.4. The van der Waals surface area contributed by atoms with Crippen molar-refractivity contribution in [2.45, 2.75) is 27.5 Å². The van der Waals surface area contributed by atoms with Gasteiger partial charge in [-0.25, -0.2) is 9.97 Å². The van der Waals surface area contributed by atoms with E-state index in [9.17, 15) is 0 Å². The van der Waals surface area contributed by atoms with Gasteiger partial charge >= 0.3 is 0 Å². The van der Waals surface area contributed by atoms with E-state index in [2.05, 4.69) is 182 Å². The molecule has 0 atom stereocenters. The number of aromatic nitrogens is 6. The Morgan fingerprint density at radius 2 is 0.790 bits per heavy atom. The van der Waals surface area contributed by atoms with Crippen LogP contribution >= 0.6 is 0 Å². The molecule has 0 saturated heterocycles. The SMILES string of the molecule is CB(c1cccc(-c2cnc(-c3cccc(B(C)c4ccc5c6ccccc6n(-c6cc(C)ccn6)c5c4)c3)cn2)c1)c1ccc2c3ccccc3n(-c3cc(C)ccn3)c2c1. The molecule has 0 amide bonds. The van der Waals surface area contributed by atoms with Gasteiger partial charge < -0.3 is 0 Å². The molecule has 0 aliphatic carbocycles. The largest absolute Gasteiger partial charge is 0.294 e. The van der Waals surface area contributed by atoms with Gasteiger partial charge in [-0.1, -0.05) is 145 Å². The minimum atomic E-state index is 0.150. The van der Waals surface area contributed by atoms with Gasteiger partial charge in [0, 0.05) is 45.1 Å². The smallest absolute Gasteiger partial charge is 0.206 e. The summed E-state index contributed by atoms with van der Waals surface area (Å²) in [5.41, 5.74) is 15.7. The second-order valence-electron chi connectivity index (χ2n) is 16.6. The van der Waals surface area contributed by atoms with Crippen LogP contribution in [0.1, 0.15) is 11.1 Å². The molecular weight excluding hydrogens is 754 g/mol. The molecule has 0 saturated carbocycles. The summed E-state index contributed by atoms with van der Waals surface area (Å²) in [4.78, 5) is 19.5. The van der Waals surface area contributed by atoms with E-state index < -0.39 is 0 Å². The van der Waals surface area contributed by atoms with Gasteiger partial charge in [-0.15, -0.1) is 0 Å². The summed E-state index contributed by atoms with van der Waals surface area (Å²) < 4.78 is 4.59.